The quantitative estimate of drug-likeness (QED) is 0.877. The summed E-state index contributed by atoms with van der Waals surface area (Å²) in [6.45, 7) is 9.77. The van der Waals surface area contributed by atoms with Gasteiger partial charge in [0.1, 0.15) is 0 Å². The molecule has 17 heavy (non-hydrogen) atoms. The molecule has 1 atom stereocenters. The highest BCUT2D eigenvalue weighted by molar-refractivity contribution is 7.98. The molecule has 0 aliphatic carbocycles. The van der Waals surface area contributed by atoms with E-state index in [0.717, 1.165) is 12.3 Å². The molecule has 4 heteroatoms. The van der Waals surface area contributed by atoms with Gasteiger partial charge < -0.3 is 5.32 Å². The average molecular weight is 255 g/mol. The van der Waals surface area contributed by atoms with Gasteiger partial charge in [0.15, 0.2) is 0 Å². The molecule has 1 unspecified atom stereocenters. The molecule has 0 bridgehead atoms. The van der Waals surface area contributed by atoms with Crippen LogP contribution in [0, 0.1) is 0 Å². The lowest BCUT2D eigenvalue weighted by Gasteiger charge is -2.19. The number of aryl methyl sites for hydroxylation is 1. The number of nitrogens with one attached hydrogen (secondary N) is 1. The highest BCUT2D eigenvalue weighted by Gasteiger charge is 2.21. The van der Waals surface area contributed by atoms with Gasteiger partial charge in [0, 0.05) is 42.6 Å². The first-order valence-corrected chi connectivity index (χ1v) is 7.49. The molecule has 0 spiro atoms. The van der Waals surface area contributed by atoms with Crippen LogP contribution in [0.25, 0.3) is 0 Å². The maximum Gasteiger partial charge on any atom is 0.0722 e. The molecule has 0 amide bonds. The maximum atomic E-state index is 4.58. The van der Waals surface area contributed by atoms with E-state index in [4.69, 9.17) is 0 Å². The van der Waals surface area contributed by atoms with Crippen molar-refractivity contribution in [1.29, 1.82) is 0 Å². The van der Waals surface area contributed by atoms with Gasteiger partial charge in [-0.05, 0) is 13.2 Å². The Hall–Kier alpha value is -0.480. The van der Waals surface area contributed by atoms with Gasteiger partial charge in [0.05, 0.1) is 5.69 Å². The van der Waals surface area contributed by atoms with Crippen LogP contribution < -0.4 is 5.32 Å². The second-order valence-corrected chi connectivity index (χ2v) is 6.57. The van der Waals surface area contributed by atoms with Crippen LogP contribution in [0.1, 0.15) is 39.0 Å². The monoisotopic (exact) mass is 255 g/mol. The van der Waals surface area contributed by atoms with Crippen molar-refractivity contribution in [2.24, 2.45) is 7.05 Å². The number of nitrogens with zero attached hydrogens (tertiary/aromatic N) is 2. The Morgan fingerprint density at radius 2 is 2.12 bits per heavy atom. The molecule has 1 aromatic rings. The van der Waals surface area contributed by atoms with E-state index in [-0.39, 0.29) is 5.41 Å². The highest BCUT2D eigenvalue weighted by atomic mass is 32.2. The van der Waals surface area contributed by atoms with Crippen LogP contribution in [-0.4, -0.2) is 27.8 Å². The summed E-state index contributed by atoms with van der Waals surface area (Å²) in [4.78, 5) is 0. The molecule has 0 saturated carbocycles. The Labute approximate surface area is 109 Å². The molecule has 98 valence electrons. The summed E-state index contributed by atoms with van der Waals surface area (Å²) in [6, 6.07) is 0.540. The normalized spacial score (nSPS) is 14.0. The summed E-state index contributed by atoms with van der Waals surface area (Å²) >= 11 is 1.88. The molecule has 1 N–H and O–H groups in total. The summed E-state index contributed by atoms with van der Waals surface area (Å²) in [5, 5.41) is 8.13. The van der Waals surface area contributed by atoms with Crippen molar-refractivity contribution in [1.82, 2.24) is 15.1 Å². The van der Waals surface area contributed by atoms with Crippen molar-refractivity contribution in [3.05, 3.63) is 17.5 Å². The van der Waals surface area contributed by atoms with Gasteiger partial charge in [0.25, 0.3) is 0 Å². The van der Waals surface area contributed by atoms with Crippen LogP contribution in [0.2, 0.25) is 0 Å². The lowest BCUT2D eigenvalue weighted by Crippen LogP contribution is -2.28. The summed E-state index contributed by atoms with van der Waals surface area (Å²) < 4.78 is 1.91. The summed E-state index contributed by atoms with van der Waals surface area (Å²) in [6.07, 6.45) is 4.27. The van der Waals surface area contributed by atoms with E-state index in [9.17, 15) is 0 Å². The zero-order chi connectivity index (χ0) is 13.1. The Kier molecular flexibility index (Phi) is 5.07. The highest BCUT2D eigenvalue weighted by Crippen LogP contribution is 2.24. The smallest absolute Gasteiger partial charge is 0.0722 e. The third kappa shape index (κ3) is 4.36. The van der Waals surface area contributed by atoms with Crippen LogP contribution in [0.5, 0.6) is 0 Å². The fourth-order valence-electron chi connectivity index (χ4n) is 1.89. The van der Waals surface area contributed by atoms with E-state index in [1.807, 2.05) is 23.5 Å². The SMILES string of the molecule is CSCC(C)NCc1cn(C)nc1C(C)(C)C. The molecule has 0 aliphatic rings. The van der Waals surface area contributed by atoms with Crippen molar-refractivity contribution in [2.75, 3.05) is 12.0 Å². The molecule has 1 aromatic heterocycles. The van der Waals surface area contributed by atoms with Gasteiger partial charge in [-0.3, -0.25) is 4.68 Å². The number of hydrogen-bond acceptors (Lipinski definition) is 3. The summed E-state index contributed by atoms with van der Waals surface area (Å²) in [5.41, 5.74) is 2.62. The van der Waals surface area contributed by atoms with Gasteiger partial charge >= 0.3 is 0 Å². The van der Waals surface area contributed by atoms with E-state index >= 15 is 0 Å². The van der Waals surface area contributed by atoms with Crippen molar-refractivity contribution in [3.8, 4) is 0 Å². The third-order valence-electron chi connectivity index (χ3n) is 2.67. The van der Waals surface area contributed by atoms with Gasteiger partial charge in [-0.1, -0.05) is 20.8 Å². The fourth-order valence-corrected chi connectivity index (χ4v) is 2.51. The molecular formula is C13H25N3S. The number of hydrogen-bond donors (Lipinski definition) is 1. The number of aromatic nitrogens is 2. The molecule has 0 radical (unpaired) electrons. The minimum atomic E-state index is 0.112. The van der Waals surface area contributed by atoms with Gasteiger partial charge in [-0.2, -0.15) is 16.9 Å². The van der Waals surface area contributed by atoms with E-state index in [1.54, 1.807) is 0 Å². The minimum Gasteiger partial charge on any atom is -0.309 e. The van der Waals surface area contributed by atoms with Crippen molar-refractivity contribution < 1.29 is 0 Å². The Balaban J connectivity index is 2.71. The first-order valence-electron chi connectivity index (χ1n) is 6.10. The molecule has 1 rings (SSSR count). The maximum absolute atomic E-state index is 4.58. The van der Waals surface area contributed by atoms with E-state index in [0.29, 0.717) is 6.04 Å². The predicted octanol–water partition coefficient (Wildman–Crippen LogP) is 2.56. The first-order chi connectivity index (χ1) is 7.84. The molecule has 1 heterocycles. The standard InChI is InChI=1S/C13H25N3S/c1-10(9-17-6)14-7-11-8-16(5)15-12(11)13(2,3)4/h8,10,14H,7,9H2,1-6H3. The summed E-state index contributed by atoms with van der Waals surface area (Å²) in [5.74, 6) is 1.14. The van der Waals surface area contributed by atoms with Crippen LogP contribution in [0.3, 0.4) is 0 Å². The lowest BCUT2D eigenvalue weighted by molar-refractivity contribution is 0.536. The molecular weight excluding hydrogens is 230 g/mol. The van der Waals surface area contributed by atoms with Crippen LogP contribution in [-0.2, 0) is 19.0 Å². The second-order valence-electron chi connectivity index (χ2n) is 5.66. The molecule has 0 fully saturated rings. The number of rotatable bonds is 5. The predicted molar refractivity (Wildman–Crippen MR) is 76.6 cm³/mol. The molecule has 3 nitrogen and oxygen atoms in total. The second kappa shape index (κ2) is 5.91. The molecule has 0 aliphatic heterocycles. The molecule has 0 aromatic carbocycles. The largest absolute Gasteiger partial charge is 0.309 e. The Morgan fingerprint density at radius 3 is 2.65 bits per heavy atom. The number of thioether (sulfide) groups is 1. The zero-order valence-electron chi connectivity index (χ0n) is 11.9. The first kappa shape index (κ1) is 14.6. The van der Waals surface area contributed by atoms with Crippen molar-refractivity contribution in [3.63, 3.8) is 0 Å². The van der Waals surface area contributed by atoms with Gasteiger partial charge in [-0.15, -0.1) is 0 Å². The van der Waals surface area contributed by atoms with E-state index < -0.39 is 0 Å². The van der Waals surface area contributed by atoms with Gasteiger partial charge in [0.2, 0.25) is 0 Å². The fraction of sp³-hybridized carbons (Fsp3) is 0.769. The van der Waals surface area contributed by atoms with Gasteiger partial charge in [-0.25, -0.2) is 0 Å². The van der Waals surface area contributed by atoms with E-state index in [2.05, 4.69) is 50.6 Å². The van der Waals surface area contributed by atoms with Crippen molar-refractivity contribution >= 4 is 11.8 Å². The lowest BCUT2D eigenvalue weighted by atomic mass is 9.89. The minimum absolute atomic E-state index is 0.112. The van der Waals surface area contributed by atoms with E-state index in [1.165, 1.54) is 11.3 Å². The van der Waals surface area contributed by atoms with Crippen LogP contribution in [0.4, 0.5) is 0 Å². The Bertz CT molecular complexity index is 352. The summed E-state index contributed by atoms with van der Waals surface area (Å²) in [7, 11) is 1.99. The van der Waals surface area contributed by atoms with Crippen LogP contribution >= 0.6 is 11.8 Å². The Morgan fingerprint density at radius 1 is 1.47 bits per heavy atom. The average Bonchev–Trinajstić information content (AvgIpc) is 2.57. The topological polar surface area (TPSA) is 29.9 Å². The third-order valence-corrected chi connectivity index (χ3v) is 3.51. The van der Waals surface area contributed by atoms with Crippen LogP contribution in [0.15, 0.2) is 6.20 Å². The zero-order valence-corrected chi connectivity index (χ0v) is 12.7. The van der Waals surface area contributed by atoms with Crippen molar-refractivity contribution in [2.45, 2.75) is 45.7 Å². The molecule has 0 saturated heterocycles.